The molecule has 0 aromatic heterocycles. The number of hydrogen-bond acceptors (Lipinski definition) is 7. The van der Waals surface area contributed by atoms with E-state index in [0.717, 1.165) is 22.2 Å². The summed E-state index contributed by atoms with van der Waals surface area (Å²) < 4.78 is 17.2. The smallest absolute Gasteiger partial charge is 0.326 e. The zero-order valence-electron chi connectivity index (χ0n) is 17.6. The number of hydrogen-bond donors (Lipinski definition) is 0. The quantitative estimate of drug-likeness (QED) is 0.339. The lowest BCUT2D eigenvalue weighted by Crippen LogP contribution is -2.34. The van der Waals surface area contributed by atoms with Crippen molar-refractivity contribution in [2.24, 2.45) is 0 Å². The maximum Gasteiger partial charge on any atom is 0.326 e. The van der Waals surface area contributed by atoms with E-state index in [2.05, 4.69) is 15.9 Å². The van der Waals surface area contributed by atoms with Crippen LogP contribution in [0.3, 0.4) is 0 Å². The number of ether oxygens (including phenoxy) is 3. The van der Waals surface area contributed by atoms with Crippen LogP contribution in [-0.4, -0.2) is 41.8 Å². The number of rotatable bonds is 9. The van der Waals surface area contributed by atoms with Crippen LogP contribution in [0.5, 0.6) is 11.5 Å². The Hall–Kier alpha value is -2.78. The number of carbonyl (C=O) groups is 3. The van der Waals surface area contributed by atoms with E-state index < -0.39 is 23.7 Å². The van der Waals surface area contributed by atoms with Gasteiger partial charge in [0.15, 0.2) is 11.5 Å². The Labute approximate surface area is 198 Å². The van der Waals surface area contributed by atoms with Crippen LogP contribution in [0.4, 0.5) is 4.79 Å². The standard InChI is InChI=1S/C23H22BrNO6S/c1-3-29-18-11-16(10-17(24)21(18)31-14-15-8-6-5-7-9-15)12-19-22(27)25(23(28)32-19)13-20(26)30-4-2/h5-12H,3-4,13-14H2,1-2H3/b19-12-. The third-order valence-corrected chi connectivity index (χ3v) is 5.82. The maximum absolute atomic E-state index is 12.6. The monoisotopic (exact) mass is 519 g/mol. The van der Waals surface area contributed by atoms with Gasteiger partial charge in [0.2, 0.25) is 0 Å². The van der Waals surface area contributed by atoms with E-state index in [1.165, 1.54) is 0 Å². The first-order valence-corrected chi connectivity index (χ1v) is 11.6. The van der Waals surface area contributed by atoms with Gasteiger partial charge >= 0.3 is 5.97 Å². The van der Waals surface area contributed by atoms with Crippen molar-refractivity contribution in [3.8, 4) is 11.5 Å². The molecule has 0 aliphatic carbocycles. The highest BCUT2D eigenvalue weighted by Gasteiger charge is 2.36. The van der Waals surface area contributed by atoms with Gasteiger partial charge in [0, 0.05) is 0 Å². The molecular formula is C23H22BrNO6S. The number of carbonyl (C=O) groups excluding carboxylic acids is 3. The molecule has 2 aromatic carbocycles. The number of benzene rings is 2. The van der Waals surface area contributed by atoms with Crippen molar-refractivity contribution in [3.63, 3.8) is 0 Å². The highest BCUT2D eigenvalue weighted by molar-refractivity contribution is 9.10. The maximum atomic E-state index is 12.6. The van der Waals surface area contributed by atoms with Gasteiger partial charge in [-0.05, 0) is 70.9 Å². The summed E-state index contributed by atoms with van der Waals surface area (Å²) >= 11 is 4.29. The average molecular weight is 520 g/mol. The molecule has 0 bridgehead atoms. The van der Waals surface area contributed by atoms with Crippen LogP contribution in [0, 0.1) is 0 Å². The molecule has 0 spiro atoms. The fourth-order valence-electron chi connectivity index (χ4n) is 2.93. The summed E-state index contributed by atoms with van der Waals surface area (Å²) in [5.74, 6) is -0.109. The molecule has 7 nitrogen and oxygen atoms in total. The minimum Gasteiger partial charge on any atom is -0.490 e. The molecular weight excluding hydrogens is 498 g/mol. The highest BCUT2D eigenvalue weighted by atomic mass is 79.9. The van der Waals surface area contributed by atoms with Crippen molar-refractivity contribution >= 4 is 50.9 Å². The van der Waals surface area contributed by atoms with Gasteiger partial charge in [-0.15, -0.1) is 0 Å². The molecule has 32 heavy (non-hydrogen) atoms. The first-order chi connectivity index (χ1) is 15.4. The predicted molar refractivity (Wildman–Crippen MR) is 125 cm³/mol. The van der Waals surface area contributed by atoms with E-state index in [9.17, 15) is 14.4 Å². The lowest BCUT2D eigenvalue weighted by molar-refractivity contribution is -0.145. The van der Waals surface area contributed by atoms with Gasteiger partial charge in [-0.1, -0.05) is 30.3 Å². The summed E-state index contributed by atoms with van der Waals surface area (Å²) in [4.78, 5) is 37.6. The van der Waals surface area contributed by atoms with Crippen LogP contribution in [0.2, 0.25) is 0 Å². The first kappa shape index (κ1) is 23.9. The number of amides is 2. The van der Waals surface area contributed by atoms with Crippen molar-refractivity contribution in [3.05, 3.63) is 63.0 Å². The third-order valence-electron chi connectivity index (χ3n) is 4.32. The molecule has 0 saturated carbocycles. The van der Waals surface area contributed by atoms with E-state index in [-0.39, 0.29) is 11.5 Å². The predicted octanol–water partition coefficient (Wildman–Crippen LogP) is 5.03. The van der Waals surface area contributed by atoms with Crippen molar-refractivity contribution in [1.82, 2.24) is 4.90 Å². The molecule has 1 aliphatic heterocycles. The fourth-order valence-corrected chi connectivity index (χ4v) is 4.34. The second-order valence-corrected chi connectivity index (χ2v) is 8.46. The van der Waals surface area contributed by atoms with Gasteiger partial charge in [0.25, 0.3) is 11.1 Å². The molecule has 1 fully saturated rings. The molecule has 1 saturated heterocycles. The topological polar surface area (TPSA) is 82.1 Å². The van der Waals surface area contributed by atoms with E-state index in [4.69, 9.17) is 14.2 Å². The Kier molecular flexibility index (Phi) is 8.35. The summed E-state index contributed by atoms with van der Waals surface area (Å²) in [6.07, 6.45) is 1.59. The normalized spacial score (nSPS) is 14.7. The molecule has 2 aromatic rings. The van der Waals surface area contributed by atoms with Crippen LogP contribution >= 0.6 is 27.7 Å². The number of thioether (sulfide) groups is 1. The van der Waals surface area contributed by atoms with Crippen molar-refractivity contribution in [2.45, 2.75) is 20.5 Å². The van der Waals surface area contributed by atoms with Crippen molar-refractivity contribution in [1.29, 1.82) is 0 Å². The molecule has 0 radical (unpaired) electrons. The molecule has 3 rings (SSSR count). The summed E-state index contributed by atoms with van der Waals surface area (Å²) in [5, 5.41) is -0.513. The molecule has 9 heteroatoms. The Morgan fingerprint density at radius 2 is 1.84 bits per heavy atom. The lowest BCUT2D eigenvalue weighted by atomic mass is 10.1. The highest BCUT2D eigenvalue weighted by Crippen LogP contribution is 2.39. The third kappa shape index (κ3) is 5.92. The van der Waals surface area contributed by atoms with E-state index in [1.54, 1.807) is 25.1 Å². The molecule has 2 amide bonds. The van der Waals surface area contributed by atoms with E-state index in [1.807, 2.05) is 37.3 Å². The summed E-state index contributed by atoms with van der Waals surface area (Å²) in [6, 6.07) is 13.3. The van der Waals surface area contributed by atoms with Gasteiger partial charge in [-0.25, -0.2) is 0 Å². The van der Waals surface area contributed by atoms with Gasteiger partial charge in [-0.3, -0.25) is 19.3 Å². The van der Waals surface area contributed by atoms with Gasteiger partial charge in [0.05, 0.1) is 22.6 Å². The average Bonchev–Trinajstić information content (AvgIpc) is 3.01. The molecule has 0 N–H and O–H groups in total. The SMILES string of the molecule is CCOC(=O)CN1C(=O)S/C(=C\c2cc(Br)c(OCc3ccccc3)c(OCC)c2)C1=O. The van der Waals surface area contributed by atoms with Gasteiger partial charge < -0.3 is 14.2 Å². The number of nitrogens with zero attached hydrogens (tertiary/aromatic N) is 1. The van der Waals surface area contributed by atoms with Crippen LogP contribution in [0.15, 0.2) is 51.8 Å². The van der Waals surface area contributed by atoms with E-state index >= 15 is 0 Å². The second kappa shape index (κ2) is 11.2. The lowest BCUT2D eigenvalue weighted by Gasteiger charge is -2.15. The second-order valence-electron chi connectivity index (χ2n) is 6.61. The van der Waals surface area contributed by atoms with Crippen molar-refractivity contribution < 1.29 is 28.6 Å². The molecule has 1 heterocycles. The van der Waals surface area contributed by atoms with E-state index in [0.29, 0.717) is 34.7 Å². The first-order valence-electron chi connectivity index (χ1n) is 9.97. The minimum absolute atomic E-state index is 0.178. The zero-order chi connectivity index (χ0) is 23.1. The van der Waals surface area contributed by atoms with Crippen molar-refractivity contribution in [2.75, 3.05) is 19.8 Å². The molecule has 0 atom stereocenters. The summed E-state index contributed by atoms with van der Waals surface area (Å²) in [6.45, 7) is 4.09. The molecule has 168 valence electrons. The number of halogens is 1. The van der Waals surface area contributed by atoms with Crippen LogP contribution < -0.4 is 9.47 Å². The Morgan fingerprint density at radius 1 is 1.09 bits per heavy atom. The van der Waals surface area contributed by atoms with Gasteiger partial charge in [-0.2, -0.15) is 0 Å². The van der Waals surface area contributed by atoms with Crippen LogP contribution in [0.25, 0.3) is 6.08 Å². The number of esters is 1. The summed E-state index contributed by atoms with van der Waals surface area (Å²) in [5.41, 5.74) is 1.66. The molecule has 0 unspecified atom stereocenters. The number of imide groups is 1. The Balaban J connectivity index is 1.82. The molecule has 1 aliphatic rings. The Morgan fingerprint density at radius 3 is 2.53 bits per heavy atom. The minimum atomic E-state index is -0.627. The summed E-state index contributed by atoms with van der Waals surface area (Å²) in [7, 11) is 0. The Bertz CT molecular complexity index is 1040. The van der Waals surface area contributed by atoms with Crippen LogP contribution in [-0.2, 0) is 20.9 Å². The zero-order valence-corrected chi connectivity index (χ0v) is 20.0. The largest absolute Gasteiger partial charge is 0.490 e. The van der Waals surface area contributed by atoms with Crippen LogP contribution in [0.1, 0.15) is 25.0 Å². The van der Waals surface area contributed by atoms with Gasteiger partial charge in [0.1, 0.15) is 13.2 Å². The fraction of sp³-hybridized carbons (Fsp3) is 0.261.